The summed E-state index contributed by atoms with van der Waals surface area (Å²) < 4.78 is 0. The molecule has 0 unspecified atom stereocenters. The summed E-state index contributed by atoms with van der Waals surface area (Å²) in [7, 11) is 0. The van der Waals surface area contributed by atoms with Crippen LogP contribution >= 0.6 is 0 Å². The Bertz CT molecular complexity index is 282. The molecule has 0 N–H and O–H groups in total. The van der Waals surface area contributed by atoms with Gasteiger partial charge in [-0.25, -0.2) is 0 Å². The Morgan fingerprint density at radius 3 is 1.87 bits per heavy atom. The third-order valence-corrected chi connectivity index (χ3v) is 5.01. The van der Waals surface area contributed by atoms with Crippen molar-refractivity contribution in [3.63, 3.8) is 0 Å². The van der Waals surface area contributed by atoms with Gasteiger partial charge in [0.15, 0.2) is 0 Å². The average molecular weight is 326 g/mol. The van der Waals surface area contributed by atoms with Crippen molar-refractivity contribution >= 4 is 0 Å². The quantitative estimate of drug-likeness (QED) is 0.758. The molecule has 23 heavy (non-hydrogen) atoms. The van der Waals surface area contributed by atoms with Gasteiger partial charge in [-0.05, 0) is 44.3 Å². The maximum Gasteiger partial charge on any atom is 0.0121 e. The van der Waals surface area contributed by atoms with E-state index < -0.39 is 0 Å². The largest absolute Gasteiger partial charge is 0.303 e. The van der Waals surface area contributed by atoms with Crippen LogP contribution in [0, 0.1) is 5.41 Å². The SMILES string of the molecule is CC.CCCCN1CCC(N2CCN(CC(C)(C)C)CC2)CC1. The first-order chi connectivity index (χ1) is 11.0. The lowest BCUT2D eigenvalue weighted by Crippen LogP contribution is -2.54. The fourth-order valence-electron chi connectivity index (χ4n) is 3.85. The summed E-state index contributed by atoms with van der Waals surface area (Å²) in [4.78, 5) is 8.11. The number of unbranched alkanes of at least 4 members (excludes halogenated alkanes) is 1. The molecule has 3 nitrogen and oxygen atoms in total. The molecule has 0 atom stereocenters. The van der Waals surface area contributed by atoms with Crippen LogP contribution in [0.1, 0.15) is 67.2 Å². The van der Waals surface area contributed by atoms with E-state index in [0.29, 0.717) is 5.41 Å². The molecular weight excluding hydrogens is 282 g/mol. The Labute approximate surface area is 146 Å². The number of nitrogens with zero attached hydrogens (tertiary/aromatic N) is 3. The van der Waals surface area contributed by atoms with Crippen molar-refractivity contribution in [2.75, 3.05) is 52.4 Å². The van der Waals surface area contributed by atoms with Crippen molar-refractivity contribution in [1.82, 2.24) is 14.7 Å². The molecule has 2 aliphatic rings. The zero-order chi connectivity index (χ0) is 17.3. The van der Waals surface area contributed by atoms with Gasteiger partial charge in [-0.2, -0.15) is 0 Å². The van der Waals surface area contributed by atoms with Crippen molar-refractivity contribution in [1.29, 1.82) is 0 Å². The van der Waals surface area contributed by atoms with Gasteiger partial charge < -0.3 is 9.80 Å². The van der Waals surface area contributed by atoms with E-state index in [4.69, 9.17) is 0 Å². The van der Waals surface area contributed by atoms with E-state index in [1.165, 1.54) is 78.0 Å². The fraction of sp³-hybridized carbons (Fsp3) is 1.00. The van der Waals surface area contributed by atoms with Crippen molar-refractivity contribution in [3.05, 3.63) is 0 Å². The second kappa shape index (κ2) is 10.7. The first-order valence-corrected chi connectivity index (χ1v) is 10.2. The molecule has 2 rings (SSSR count). The number of piperazine rings is 1. The highest BCUT2D eigenvalue weighted by Gasteiger charge is 2.28. The zero-order valence-electron chi connectivity index (χ0n) is 16.9. The minimum absolute atomic E-state index is 0.437. The number of likely N-dealkylation sites (tertiary alicyclic amines) is 1. The van der Waals surface area contributed by atoms with Gasteiger partial charge in [0.1, 0.15) is 0 Å². The van der Waals surface area contributed by atoms with Crippen LogP contribution in [-0.2, 0) is 0 Å². The van der Waals surface area contributed by atoms with Crippen LogP contribution in [0.2, 0.25) is 0 Å². The van der Waals surface area contributed by atoms with Gasteiger partial charge in [-0.1, -0.05) is 48.0 Å². The second-order valence-corrected chi connectivity index (χ2v) is 8.30. The molecule has 2 heterocycles. The van der Waals surface area contributed by atoms with Crippen molar-refractivity contribution < 1.29 is 0 Å². The molecule has 0 radical (unpaired) electrons. The van der Waals surface area contributed by atoms with E-state index in [9.17, 15) is 0 Å². The number of piperidine rings is 1. The molecule has 0 aromatic rings. The standard InChI is InChI=1S/C18H37N3.C2H6/c1-5-6-9-19-10-7-17(8-11-19)21-14-12-20(13-15-21)16-18(2,3)4;1-2/h17H,5-16H2,1-4H3;1-2H3. The van der Waals surface area contributed by atoms with Crippen LogP contribution in [-0.4, -0.2) is 73.1 Å². The van der Waals surface area contributed by atoms with Crippen LogP contribution in [0.5, 0.6) is 0 Å². The summed E-state index contributed by atoms with van der Waals surface area (Å²) >= 11 is 0. The van der Waals surface area contributed by atoms with E-state index in [1.54, 1.807) is 0 Å². The van der Waals surface area contributed by atoms with Crippen LogP contribution in [0.3, 0.4) is 0 Å². The molecule has 2 saturated heterocycles. The van der Waals surface area contributed by atoms with Crippen molar-refractivity contribution in [2.45, 2.75) is 73.3 Å². The summed E-state index contributed by atoms with van der Waals surface area (Å²) in [6.07, 6.45) is 5.48. The zero-order valence-corrected chi connectivity index (χ0v) is 16.9. The topological polar surface area (TPSA) is 9.72 Å². The molecule has 0 amide bonds. The lowest BCUT2D eigenvalue weighted by molar-refractivity contribution is 0.0474. The minimum atomic E-state index is 0.437. The molecule has 3 heteroatoms. The second-order valence-electron chi connectivity index (χ2n) is 8.30. The van der Waals surface area contributed by atoms with E-state index in [0.717, 1.165) is 6.04 Å². The van der Waals surface area contributed by atoms with Crippen LogP contribution < -0.4 is 0 Å². The van der Waals surface area contributed by atoms with Gasteiger partial charge in [-0.15, -0.1) is 0 Å². The first-order valence-electron chi connectivity index (χ1n) is 10.2. The lowest BCUT2D eigenvalue weighted by Gasteiger charge is -2.44. The Kier molecular flexibility index (Phi) is 9.72. The molecule has 2 fully saturated rings. The maximum atomic E-state index is 2.77. The van der Waals surface area contributed by atoms with Gasteiger partial charge in [-0.3, -0.25) is 4.90 Å². The Morgan fingerprint density at radius 2 is 1.39 bits per heavy atom. The van der Waals surface area contributed by atoms with E-state index in [-0.39, 0.29) is 0 Å². The molecule has 138 valence electrons. The predicted molar refractivity (Wildman–Crippen MR) is 103 cm³/mol. The van der Waals surface area contributed by atoms with Crippen LogP contribution in [0.4, 0.5) is 0 Å². The Balaban J connectivity index is 0.00000127. The predicted octanol–water partition coefficient (Wildman–Crippen LogP) is 3.94. The third kappa shape index (κ3) is 8.00. The number of hydrogen-bond acceptors (Lipinski definition) is 3. The van der Waals surface area contributed by atoms with Gasteiger partial charge >= 0.3 is 0 Å². The summed E-state index contributed by atoms with van der Waals surface area (Å²) in [5.41, 5.74) is 0.437. The van der Waals surface area contributed by atoms with Crippen molar-refractivity contribution in [3.8, 4) is 0 Å². The summed E-state index contributed by atoms with van der Waals surface area (Å²) in [6.45, 7) is 23.7. The van der Waals surface area contributed by atoms with E-state index >= 15 is 0 Å². The molecule has 0 aromatic carbocycles. The van der Waals surface area contributed by atoms with Gasteiger partial charge in [0.25, 0.3) is 0 Å². The lowest BCUT2D eigenvalue weighted by atomic mass is 9.95. The molecular formula is C20H43N3. The molecule has 0 bridgehead atoms. The monoisotopic (exact) mass is 325 g/mol. The molecule has 0 spiro atoms. The van der Waals surface area contributed by atoms with Crippen molar-refractivity contribution in [2.24, 2.45) is 5.41 Å². The Hall–Kier alpha value is -0.120. The van der Waals surface area contributed by atoms with Crippen LogP contribution in [0.25, 0.3) is 0 Å². The summed E-state index contributed by atoms with van der Waals surface area (Å²) in [5.74, 6) is 0. The third-order valence-electron chi connectivity index (χ3n) is 5.01. The average Bonchev–Trinajstić information content (AvgIpc) is 2.55. The minimum Gasteiger partial charge on any atom is -0.303 e. The van der Waals surface area contributed by atoms with E-state index in [2.05, 4.69) is 42.4 Å². The van der Waals surface area contributed by atoms with Gasteiger partial charge in [0.05, 0.1) is 0 Å². The first kappa shape index (κ1) is 20.9. The van der Waals surface area contributed by atoms with Crippen LogP contribution in [0.15, 0.2) is 0 Å². The number of rotatable bonds is 5. The number of hydrogen-bond donors (Lipinski definition) is 0. The highest BCUT2D eigenvalue weighted by Crippen LogP contribution is 2.21. The summed E-state index contributed by atoms with van der Waals surface area (Å²) in [5, 5.41) is 0. The fourth-order valence-corrected chi connectivity index (χ4v) is 3.85. The van der Waals surface area contributed by atoms with Gasteiger partial charge in [0.2, 0.25) is 0 Å². The highest BCUT2D eigenvalue weighted by molar-refractivity contribution is 4.84. The Morgan fingerprint density at radius 1 is 0.826 bits per heavy atom. The summed E-state index contributed by atoms with van der Waals surface area (Å²) in [6, 6.07) is 0.861. The molecule has 2 aliphatic heterocycles. The molecule has 0 aromatic heterocycles. The molecule has 0 saturated carbocycles. The molecule has 0 aliphatic carbocycles. The maximum absolute atomic E-state index is 2.77. The highest BCUT2D eigenvalue weighted by atomic mass is 15.3. The smallest absolute Gasteiger partial charge is 0.0121 e. The van der Waals surface area contributed by atoms with Gasteiger partial charge in [0, 0.05) is 38.8 Å². The van der Waals surface area contributed by atoms with E-state index in [1.807, 2.05) is 13.8 Å². The normalized spacial score (nSPS) is 22.7.